The molecule has 0 aliphatic carbocycles. The molecule has 0 aliphatic rings. The Labute approximate surface area is 122 Å². The first-order valence-electron chi connectivity index (χ1n) is 6.36. The van der Waals surface area contributed by atoms with Crippen molar-refractivity contribution < 1.29 is 0 Å². The Kier molecular flexibility index (Phi) is 3.13. The fourth-order valence-corrected chi connectivity index (χ4v) is 2.74. The first kappa shape index (κ1) is 12.6. The molecule has 0 bridgehead atoms. The van der Waals surface area contributed by atoms with Crippen molar-refractivity contribution in [2.24, 2.45) is 0 Å². The quantitative estimate of drug-likeness (QED) is 0.722. The molecular formula is C16H13N3S. The van der Waals surface area contributed by atoms with Crippen LogP contribution in [0.1, 0.15) is 16.7 Å². The topological polar surface area (TPSA) is 44.5 Å². The van der Waals surface area contributed by atoms with Crippen molar-refractivity contribution in [2.75, 3.05) is 0 Å². The van der Waals surface area contributed by atoms with Crippen LogP contribution in [0, 0.1) is 23.0 Å². The number of nitriles is 1. The van der Waals surface area contributed by atoms with E-state index in [2.05, 4.69) is 28.6 Å². The summed E-state index contributed by atoms with van der Waals surface area (Å²) >= 11 is 5.42. The van der Waals surface area contributed by atoms with E-state index < -0.39 is 0 Å². The van der Waals surface area contributed by atoms with Crippen LogP contribution in [0.25, 0.3) is 11.0 Å². The molecule has 3 nitrogen and oxygen atoms in total. The summed E-state index contributed by atoms with van der Waals surface area (Å²) < 4.78 is 2.79. The van der Waals surface area contributed by atoms with Crippen LogP contribution in [-0.2, 0) is 6.54 Å². The van der Waals surface area contributed by atoms with E-state index >= 15 is 0 Å². The Balaban J connectivity index is 2.13. The van der Waals surface area contributed by atoms with Crippen LogP contribution in [0.3, 0.4) is 0 Å². The van der Waals surface area contributed by atoms with E-state index in [1.165, 1.54) is 5.56 Å². The van der Waals surface area contributed by atoms with E-state index in [0.29, 0.717) is 16.9 Å². The van der Waals surface area contributed by atoms with Crippen LogP contribution in [0.4, 0.5) is 0 Å². The number of H-pyrrole nitrogens is 1. The molecule has 0 radical (unpaired) electrons. The van der Waals surface area contributed by atoms with Crippen LogP contribution in [0.15, 0.2) is 42.5 Å². The molecule has 0 aliphatic heterocycles. The standard InChI is InChI=1S/C16H13N3S/c1-11-4-2-7-14-15(11)19(16(20)18-14)10-13-6-3-5-12(8-13)9-17/h2-8H,10H2,1H3,(H,18,20). The zero-order valence-corrected chi connectivity index (χ0v) is 11.9. The number of nitrogens with zero attached hydrogens (tertiary/aromatic N) is 2. The maximum atomic E-state index is 8.98. The lowest BCUT2D eigenvalue weighted by molar-refractivity contribution is 0.808. The Morgan fingerprint density at radius 3 is 2.85 bits per heavy atom. The Hall–Kier alpha value is -2.38. The molecule has 1 aromatic heterocycles. The van der Waals surface area contributed by atoms with Gasteiger partial charge in [-0.1, -0.05) is 24.3 Å². The summed E-state index contributed by atoms with van der Waals surface area (Å²) in [4.78, 5) is 3.23. The zero-order valence-electron chi connectivity index (χ0n) is 11.1. The van der Waals surface area contributed by atoms with Crippen LogP contribution >= 0.6 is 12.2 Å². The van der Waals surface area contributed by atoms with Gasteiger partial charge in [0, 0.05) is 0 Å². The summed E-state index contributed by atoms with van der Waals surface area (Å²) in [5.74, 6) is 0. The number of aromatic amines is 1. The van der Waals surface area contributed by atoms with Crippen molar-refractivity contribution in [1.29, 1.82) is 5.26 Å². The van der Waals surface area contributed by atoms with Crippen LogP contribution in [0.2, 0.25) is 0 Å². The molecule has 0 saturated carbocycles. The number of para-hydroxylation sites is 1. The van der Waals surface area contributed by atoms with E-state index in [4.69, 9.17) is 17.5 Å². The Morgan fingerprint density at radius 1 is 1.25 bits per heavy atom. The third-order valence-electron chi connectivity index (χ3n) is 3.39. The third kappa shape index (κ3) is 2.13. The summed E-state index contributed by atoms with van der Waals surface area (Å²) in [7, 11) is 0. The molecule has 0 amide bonds. The second kappa shape index (κ2) is 4.95. The number of hydrogen-bond acceptors (Lipinski definition) is 2. The molecule has 1 heterocycles. The lowest BCUT2D eigenvalue weighted by atomic mass is 10.1. The van der Waals surface area contributed by atoms with Gasteiger partial charge >= 0.3 is 0 Å². The van der Waals surface area contributed by atoms with Crippen LogP contribution in [-0.4, -0.2) is 9.55 Å². The molecular weight excluding hydrogens is 266 g/mol. The minimum Gasteiger partial charge on any atom is -0.331 e. The zero-order chi connectivity index (χ0) is 14.1. The molecule has 0 saturated heterocycles. The molecule has 20 heavy (non-hydrogen) atoms. The van der Waals surface area contributed by atoms with E-state index in [9.17, 15) is 0 Å². The van der Waals surface area contributed by atoms with Gasteiger partial charge in [0.05, 0.1) is 29.2 Å². The normalized spacial score (nSPS) is 10.6. The van der Waals surface area contributed by atoms with Gasteiger partial charge in [0.25, 0.3) is 0 Å². The summed E-state index contributed by atoms with van der Waals surface area (Å²) in [5.41, 5.74) is 5.10. The molecule has 3 rings (SSSR count). The first-order chi connectivity index (χ1) is 9.69. The van der Waals surface area contributed by atoms with Gasteiger partial charge < -0.3 is 9.55 Å². The molecule has 2 aromatic carbocycles. The summed E-state index contributed by atoms with van der Waals surface area (Å²) in [6.45, 7) is 2.74. The van der Waals surface area contributed by atoms with E-state index in [1.54, 1.807) is 0 Å². The van der Waals surface area contributed by atoms with Gasteiger partial charge in [0.1, 0.15) is 0 Å². The number of nitrogens with one attached hydrogen (secondary N) is 1. The van der Waals surface area contributed by atoms with E-state index in [-0.39, 0.29) is 0 Å². The number of aromatic nitrogens is 2. The molecule has 0 unspecified atom stereocenters. The summed E-state index contributed by atoms with van der Waals surface area (Å²) in [6, 6.07) is 15.9. The predicted molar refractivity (Wildman–Crippen MR) is 82.1 cm³/mol. The van der Waals surface area contributed by atoms with E-state index in [0.717, 1.165) is 16.6 Å². The minimum absolute atomic E-state index is 0.666. The van der Waals surface area contributed by atoms with Gasteiger partial charge in [0.15, 0.2) is 4.77 Å². The monoisotopic (exact) mass is 279 g/mol. The SMILES string of the molecule is Cc1cccc2[nH]c(=S)n(Cc3cccc(C#N)c3)c12. The van der Waals surface area contributed by atoms with Crippen molar-refractivity contribution in [3.05, 3.63) is 63.9 Å². The van der Waals surface area contributed by atoms with Crippen molar-refractivity contribution in [3.8, 4) is 6.07 Å². The number of hydrogen-bond donors (Lipinski definition) is 1. The fraction of sp³-hybridized carbons (Fsp3) is 0.125. The predicted octanol–water partition coefficient (Wildman–Crippen LogP) is 3.93. The van der Waals surface area contributed by atoms with Crippen molar-refractivity contribution >= 4 is 23.3 Å². The molecule has 0 atom stereocenters. The maximum absolute atomic E-state index is 8.98. The summed E-state index contributed by atoms with van der Waals surface area (Å²) in [5, 5.41) is 8.98. The fourth-order valence-electron chi connectivity index (χ4n) is 2.47. The Bertz CT molecular complexity index is 881. The highest BCUT2D eigenvalue weighted by atomic mass is 32.1. The average Bonchev–Trinajstić information content (AvgIpc) is 2.77. The maximum Gasteiger partial charge on any atom is 0.178 e. The second-order valence-corrected chi connectivity index (χ2v) is 5.19. The second-order valence-electron chi connectivity index (χ2n) is 4.80. The highest BCUT2D eigenvalue weighted by Crippen LogP contribution is 2.20. The molecule has 4 heteroatoms. The molecule has 3 aromatic rings. The number of aryl methyl sites for hydroxylation is 1. The summed E-state index contributed by atoms with van der Waals surface area (Å²) in [6.07, 6.45) is 0. The highest BCUT2D eigenvalue weighted by molar-refractivity contribution is 7.71. The largest absolute Gasteiger partial charge is 0.331 e. The lowest BCUT2D eigenvalue weighted by Gasteiger charge is -2.07. The first-order valence-corrected chi connectivity index (χ1v) is 6.77. The van der Waals surface area contributed by atoms with E-state index in [1.807, 2.05) is 36.4 Å². The minimum atomic E-state index is 0.666. The van der Waals surface area contributed by atoms with Gasteiger partial charge in [-0.3, -0.25) is 0 Å². The number of imidazole rings is 1. The average molecular weight is 279 g/mol. The number of fused-ring (bicyclic) bond motifs is 1. The molecule has 1 N–H and O–H groups in total. The number of benzene rings is 2. The highest BCUT2D eigenvalue weighted by Gasteiger charge is 2.07. The van der Waals surface area contributed by atoms with Gasteiger partial charge in [0.2, 0.25) is 0 Å². The Morgan fingerprint density at radius 2 is 2.05 bits per heavy atom. The van der Waals surface area contributed by atoms with Crippen molar-refractivity contribution in [2.45, 2.75) is 13.5 Å². The van der Waals surface area contributed by atoms with Crippen LogP contribution < -0.4 is 0 Å². The van der Waals surface area contributed by atoms with Crippen molar-refractivity contribution in [1.82, 2.24) is 9.55 Å². The third-order valence-corrected chi connectivity index (χ3v) is 3.71. The lowest BCUT2D eigenvalue weighted by Crippen LogP contribution is -2.01. The van der Waals surface area contributed by atoms with Crippen LogP contribution in [0.5, 0.6) is 0 Å². The van der Waals surface area contributed by atoms with Crippen molar-refractivity contribution in [3.63, 3.8) is 0 Å². The van der Waals surface area contributed by atoms with Gasteiger partial charge in [-0.2, -0.15) is 5.26 Å². The van der Waals surface area contributed by atoms with Gasteiger partial charge in [-0.25, -0.2) is 0 Å². The smallest absolute Gasteiger partial charge is 0.178 e. The molecule has 0 spiro atoms. The van der Waals surface area contributed by atoms with Gasteiger partial charge in [-0.15, -0.1) is 0 Å². The number of rotatable bonds is 2. The molecule has 0 fully saturated rings. The molecule has 98 valence electrons. The van der Waals surface area contributed by atoms with Gasteiger partial charge in [-0.05, 0) is 48.5 Å².